The Morgan fingerprint density at radius 3 is 1.65 bits per heavy atom. The first-order chi connectivity index (χ1) is 23.4. The predicted molar refractivity (Wildman–Crippen MR) is 182 cm³/mol. The van der Waals surface area contributed by atoms with Crippen molar-refractivity contribution >= 4 is 43.3 Å². The summed E-state index contributed by atoms with van der Waals surface area (Å²) in [5.41, 5.74) is 6.92. The molecule has 0 saturated heterocycles. The lowest BCUT2D eigenvalue weighted by Crippen LogP contribution is -1.89. The summed E-state index contributed by atoms with van der Waals surface area (Å²) in [6, 6.07) is 42.0. The average Bonchev–Trinajstić information content (AvgIpc) is 3.52. The Balaban J connectivity index is 1.28. The first-order valence-electron chi connectivity index (χ1n) is 16.9. The van der Waals surface area contributed by atoms with Crippen LogP contribution < -0.4 is 0 Å². The van der Waals surface area contributed by atoms with E-state index in [9.17, 15) is 0 Å². The normalized spacial score (nSPS) is 13.3. The highest BCUT2D eigenvalue weighted by Gasteiger charge is 2.19. The van der Waals surface area contributed by atoms with Gasteiger partial charge in [0.05, 0.1) is 6.85 Å². The van der Waals surface area contributed by atoms with Crippen molar-refractivity contribution in [2.75, 3.05) is 0 Å². The zero-order valence-electron chi connectivity index (χ0n) is 28.0. The van der Waals surface area contributed by atoms with Crippen LogP contribution in [0.15, 0.2) is 162 Å². The number of benzene rings is 8. The van der Waals surface area contributed by atoms with E-state index < -0.39 is 6.04 Å². The molecule has 9 rings (SSSR count). The Kier molecular flexibility index (Phi) is 4.27. The van der Waals surface area contributed by atoms with Crippen molar-refractivity contribution in [3.05, 3.63) is 158 Å². The second-order valence-corrected chi connectivity index (χ2v) is 10.9. The van der Waals surface area contributed by atoms with Crippen LogP contribution in [-0.4, -0.2) is 0 Å². The van der Waals surface area contributed by atoms with Crippen LogP contribution >= 0.6 is 0 Å². The van der Waals surface area contributed by atoms with E-state index >= 15 is 0 Å². The van der Waals surface area contributed by atoms with E-state index in [4.69, 9.17) is 11.3 Å². The first kappa shape index (κ1) is 19.5. The van der Waals surface area contributed by atoms with Gasteiger partial charge in [0.1, 0.15) is 11.3 Å². The Morgan fingerprint density at radius 1 is 0.442 bits per heavy atom. The Hall–Kier alpha value is -5.66. The lowest BCUT2D eigenvalue weighted by atomic mass is 9.87. The van der Waals surface area contributed by atoms with Gasteiger partial charge in [-0.05, 0) is 72.3 Å². The van der Waals surface area contributed by atoms with E-state index in [0.29, 0.717) is 5.56 Å². The Morgan fingerprint density at radius 2 is 1.00 bits per heavy atom. The molecule has 0 spiro atoms. The van der Waals surface area contributed by atoms with E-state index in [1.165, 1.54) is 0 Å². The zero-order chi connectivity index (χ0) is 32.7. The third kappa shape index (κ3) is 3.72. The van der Waals surface area contributed by atoms with Crippen molar-refractivity contribution in [2.24, 2.45) is 0 Å². The molecular formula is C42H26O. The van der Waals surface area contributed by atoms with E-state index in [1.807, 2.05) is 54.6 Å². The van der Waals surface area contributed by atoms with Crippen molar-refractivity contribution < 1.29 is 11.3 Å². The molecule has 9 aromatic rings. The van der Waals surface area contributed by atoms with Crippen molar-refractivity contribution in [1.82, 2.24) is 0 Å². The van der Waals surface area contributed by atoms with Crippen molar-refractivity contribution in [3.8, 4) is 44.7 Å². The molecule has 1 heterocycles. The molecule has 0 aliphatic carbocycles. The summed E-state index contributed by atoms with van der Waals surface area (Å²) >= 11 is 0. The fourth-order valence-corrected chi connectivity index (χ4v) is 6.60. The minimum absolute atomic E-state index is 0.201. The summed E-state index contributed by atoms with van der Waals surface area (Å²) in [5.74, 6) is 0.838. The van der Waals surface area contributed by atoms with Crippen molar-refractivity contribution in [1.29, 1.82) is 0 Å². The standard InChI is InChI=1S/C42H26O/c1-4-10-27(11-5-1)33-21-16-29-19-24-36-34(22-17-30-18-23-35(33)39(29)40(30)36)32-20-25-37-38(26-32)43-42(31-14-8-3-9-15-31)41(37)28-12-6-2-7-13-28/h1-26H/i1D,4D,5D,10D,11D. The lowest BCUT2D eigenvalue weighted by Gasteiger charge is -2.16. The van der Waals surface area contributed by atoms with E-state index in [2.05, 4.69) is 72.8 Å². The summed E-state index contributed by atoms with van der Waals surface area (Å²) in [7, 11) is 0. The molecule has 1 aromatic heterocycles. The largest absolute Gasteiger partial charge is 0.455 e. The van der Waals surface area contributed by atoms with Crippen LogP contribution in [0.1, 0.15) is 6.85 Å². The molecule has 0 unspecified atom stereocenters. The summed E-state index contributed by atoms with van der Waals surface area (Å²) in [6.45, 7) is 0. The van der Waals surface area contributed by atoms with Gasteiger partial charge in [-0.15, -0.1) is 0 Å². The maximum atomic E-state index is 8.66. The third-order valence-electron chi connectivity index (χ3n) is 8.53. The van der Waals surface area contributed by atoms with Crippen LogP contribution in [0, 0.1) is 0 Å². The van der Waals surface area contributed by atoms with Crippen LogP contribution in [0.5, 0.6) is 0 Å². The molecule has 0 N–H and O–H groups in total. The molecule has 0 bridgehead atoms. The molecule has 1 nitrogen and oxygen atoms in total. The van der Waals surface area contributed by atoms with Gasteiger partial charge in [0, 0.05) is 16.5 Å². The molecule has 0 aliphatic rings. The quantitative estimate of drug-likeness (QED) is 0.198. The van der Waals surface area contributed by atoms with Crippen LogP contribution in [0.25, 0.3) is 88.0 Å². The lowest BCUT2D eigenvalue weighted by molar-refractivity contribution is 0.632. The summed E-state index contributed by atoms with van der Waals surface area (Å²) in [5, 5.41) is 7.15. The van der Waals surface area contributed by atoms with Crippen LogP contribution in [0.3, 0.4) is 0 Å². The monoisotopic (exact) mass is 551 g/mol. The number of rotatable bonds is 4. The molecule has 0 atom stereocenters. The third-order valence-corrected chi connectivity index (χ3v) is 8.53. The maximum Gasteiger partial charge on any atom is 0.143 e. The number of hydrogen-bond acceptors (Lipinski definition) is 1. The molecule has 200 valence electrons. The highest BCUT2D eigenvalue weighted by Crippen LogP contribution is 2.45. The molecule has 0 amide bonds. The summed E-state index contributed by atoms with van der Waals surface area (Å²) in [6.07, 6.45) is 0. The van der Waals surface area contributed by atoms with Gasteiger partial charge in [-0.3, -0.25) is 0 Å². The van der Waals surface area contributed by atoms with Gasteiger partial charge in [-0.25, -0.2) is 0 Å². The zero-order valence-corrected chi connectivity index (χ0v) is 23.0. The van der Waals surface area contributed by atoms with Gasteiger partial charge in [0.2, 0.25) is 0 Å². The molecule has 1 heteroatoms. The molecule has 0 saturated carbocycles. The minimum atomic E-state index is -0.392. The second-order valence-electron chi connectivity index (χ2n) is 10.9. The summed E-state index contributed by atoms with van der Waals surface area (Å²) < 4.78 is 48.6. The molecule has 8 aromatic carbocycles. The Bertz CT molecular complexity index is 2680. The number of hydrogen-bond donors (Lipinski definition) is 0. The molecule has 43 heavy (non-hydrogen) atoms. The molecule has 0 radical (unpaired) electrons. The number of furan rings is 1. The highest BCUT2D eigenvalue weighted by molar-refractivity contribution is 6.27. The smallest absolute Gasteiger partial charge is 0.143 e. The molecule has 0 aliphatic heterocycles. The fraction of sp³-hybridized carbons (Fsp3) is 0. The van der Waals surface area contributed by atoms with Crippen molar-refractivity contribution in [2.45, 2.75) is 0 Å². The topological polar surface area (TPSA) is 13.1 Å². The van der Waals surface area contributed by atoms with Gasteiger partial charge in [0.15, 0.2) is 0 Å². The van der Waals surface area contributed by atoms with E-state index in [-0.39, 0.29) is 29.7 Å². The number of fused-ring (bicyclic) bond motifs is 1. The molecular weight excluding hydrogens is 520 g/mol. The predicted octanol–water partition coefficient (Wildman–Crippen LogP) is 12.0. The SMILES string of the molecule is [2H]c1c([2H])c([2H])c(-c2ccc3ccc4c(-c5ccc6c(-c7ccccc7)c(-c7ccccc7)oc6c5)ccc5ccc2c3c54)c([2H])c1[2H]. The van der Waals surface area contributed by atoms with Gasteiger partial charge in [0.25, 0.3) is 0 Å². The van der Waals surface area contributed by atoms with Gasteiger partial charge in [-0.2, -0.15) is 0 Å². The van der Waals surface area contributed by atoms with Crippen LogP contribution in [-0.2, 0) is 0 Å². The summed E-state index contributed by atoms with van der Waals surface area (Å²) in [4.78, 5) is 0. The van der Waals surface area contributed by atoms with Crippen LogP contribution in [0.2, 0.25) is 0 Å². The fourth-order valence-electron chi connectivity index (χ4n) is 6.60. The van der Waals surface area contributed by atoms with Gasteiger partial charge in [-0.1, -0.05) is 145 Å². The first-order valence-corrected chi connectivity index (χ1v) is 14.4. The minimum Gasteiger partial charge on any atom is -0.455 e. The van der Waals surface area contributed by atoms with Crippen molar-refractivity contribution in [3.63, 3.8) is 0 Å². The van der Waals surface area contributed by atoms with Gasteiger partial charge < -0.3 is 4.42 Å². The van der Waals surface area contributed by atoms with E-state index in [0.717, 1.165) is 76.9 Å². The molecule has 0 fully saturated rings. The van der Waals surface area contributed by atoms with Crippen LogP contribution in [0.4, 0.5) is 0 Å². The van der Waals surface area contributed by atoms with E-state index in [1.54, 1.807) is 0 Å². The maximum absolute atomic E-state index is 8.66. The second kappa shape index (κ2) is 9.44. The van der Waals surface area contributed by atoms with Gasteiger partial charge >= 0.3 is 0 Å². The Labute approximate surface area is 256 Å². The average molecular weight is 552 g/mol. The highest BCUT2D eigenvalue weighted by atomic mass is 16.3.